The average molecular weight is 184 g/mol. The standard InChI is InChI=1S/C8H13N2OP/c1-12(2,11)8-5-7(6-9)3-4-10-8/h3-5H,6,9H2,1-2H3. The van der Waals surface area contributed by atoms with E-state index in [2.05, 4.69) is 4.98 Å². The van der Waals surface area contributed by atoms with Crippen molar-refractivity contribution in [2.75, 3.05) is 13.3 Å². The zero-order valence-electron chi connectivity index (χ0n) is 7.32. The predicted octanol–water partition coefficient (Wildman–Crippen LogP) is 0.788. The summed E-state index contributed by atoms with van der Waals surface area (Å²) in [5, 5.41) is 0. The molecule has 66 valence electrons. The summed E-state index contributed by atoms with van der Waals surface area (Å²) in [7, 11) is -2.22. The molecule has 0 saturated carbocycles. The second-order valence-corrected chi connectivity index (χ2v) is 6.24. The van der Waals surface area contributed by atoms with Gasteiger partial charge in [0.15, 0.2) is 0 Å². The van der Waals surface area contributed by atoms with Crippen LogP contribution in [0.3, 0.4) is 0 Å². The van der Waals surface area contributed by atoms with E-state index in [0.29, 0.717) is 12.0 Å². The molecule has 0 aliphatic carbocycles. The lowest BCUT2D eigenvalue weighted by molar-refractivity contribution is 0.587. The van der Waals surface area contributed by atoms with Crippen LogP contribution < -0.4 is 11.2 Å². The molecule has 0 radical (unpaired) electrons. The van der Waals surface area contributed by atoms with Gasteiger partial charge in [-0.15, -0.1) is 0 Å². The molecule has 0 aromatic carbocycles. The fourth-order valence-electron chi connectivity index (χ4n) is 0.882. The number of nitrogens with two attached hydrogens (primary N) is 1. The summed E-state index contributed by atoms with van der Waals surface area (Å²) in [6.07, 6.45) is 1.65. The van der Waals surface area contributed by atoms with Crippen LogP contribution in [0.2, 0.25) is 0 Å². The molecule has 1 heterocycles. The number of rotatable bonds is 2. The van der Waals surface area contributed by atoms with Gasteiger partial charge in [-0.1, -0.05) is 0 Å². The summed E-state index contributed by atoms with van der Waals surface area (Å²) in [4.78, 5) is 4.04. The van der Waals surface area contributed by atoms with Crippen molar-refractivity contribution in [3.8, 4) is 0 Å². The molecule has 3 nitrogen and oxygen atoms in total. The van der Waals surface area contributed by atoms with Crippen LogP contribution in [0.1, 0.15) is 5.56 Å². The minimum absolute atomic E-state index is 0.468. The highest BCUT2D eigenvalue weighted by Gasteiger charge is 2.12. The van der Waals surface area contributed by atoms with Gasteiger partial charge in [-0.25, -0.2) is 0 Å². The summed E-state index contributed by atoms with van der Waals surface area (Å²) < 4.78 is 11.6. The van der Waals surface area contributed by atoms with E-state index in [1.54, 1.807) is 25.6 Å². The number of aromatic nitrogens is 1. The van der Waals surface area contributed by atoms with Gasteiger partial charge in [-0.05, 0) is 31.0 Å². The molecule has 0 aliphatic rings. The molecule has 12 heavy (non-hydrogen) atoms. The predicted molar refractivity (Wildman–Crippen MR) is 51.2 cm³/mol. The Morgan fingerprint density at radius 1 is 1.58 bits per heavy atom. The summed E-state index contributed by atoms with van der Waals surface area (Å²) >= 11 is 0. The van der Waals surface area contributed by atoms with Crippen molar-refractivity contribution >= 4 is 12.6 Å². The number of pyridine rings is 1. The van der Waals surface area contributed by atoms with Gasteiger partial charge in [-0.2, -0.15) is 0 Å². The van der Waals surface area contributed by atoms with E-state index in [1.807, 2.05) is 6.07 Å². The van der Waals surface area contributed by atoms with Crippen molar-refractivity contribution in [1.82, 2.24) is 4.98 Å². The van der Waals surface area contributed by atoms with E-state index in [1.165, 1.54) is 0 Å². The molecule has 0 aliphatic heterocycles. The SMILES string of the molecule is CP(C)(=O)c1cc(CN)ccn1. The molecule has 0 saturated heterocycles. The molecule has 2 N–H and O–H groups in total. The molecule has 1 rings (SSSR count). The normalized spacial score (nSPS) is 11.6. The van der Waals surface area contributed by atoms with Crippen molar-refractivity contribution in [1.29, 1.82) is 0 Å². The van der Waals surface area contributed by atoms with Crippen LogP contribution in [0.15, 0.2) is 18.3 Å². The fraction of sp³-hybridized carbons (Fsp3) is 0.375. The van der Waals surface area contributed by atoms with E-state index in [-0.39, 0.29) is 0 Å². The highest BCUT2D eigenvalue weighted by molar-refractivity contribution is 7.69. The summed E-state index contributed by atoms with van der Waals surface area (Å²) in [5.74, 6) is 0. The maximum absolute atomic E-state index is 11.6. The lowest BCUT2D eigenvalue weighted by Crippen LogP contribution is -2.10. The quantitative estimate of drug-likeness (QED) is 0.691. The molecule has 0 amide bonds. The molecule has 4 heteroatoms. The average Bonchev–Trinajstić information content (AvgIpc) is 2.03. The lowest BCUT2D eigenvalue weighted by Gasteiger charge is -2.06. The van der Waals surface area contributed by atoms with Crippen molar-refractivity contribution in [2.45, 2.75) is 6.54 Å². The Hall–Kier alpha value is -0.660. The molecule has 1 aromatic rings. The monoisotopic (exact) mass is 184 g/mol. The minimum Gasteiger partial charge on any atom is -0.326 e. The van der Waals surface area contributed by atoms with Gasteiger partial charge < -0.3 is 10.3 Å². The maximum Gasteiger partial charge on any atom is 0.127 e. The second-order valence-electron chi connectivity index (χ2n) is 3.08. The van der Waals surface area contributed by atoms with E-state index in [0.717, 1.165) is 5.56 Å². The molecule has 0 fully saturated rings. The Morgan fingerprint density at radius 3 is 2.75 bits per heavy atom. The van der Waals surface area contributed by atoms with Crippen LogP contribution in [0.25, 0.3) is 0 Å². The van der Waals surface area contributed by atoms with Gasteiger partial charge in [-0.3, -0.25) is 4.98 Å². The van der Waals surface area contributed by atoms with Crippen LogP contribution >= 0.6 is 7.14 Å². The highest BCUT2D eigenvalue weighted by Crippen LogP contribution is 2.33. The topological polar surface area (TPSA) is 56.0 Å². The van der Waals surface area contributed by atoms with Gasteiger partial charge in [0.1, 0.15) is 7.14 Å². The first-order valence-electron chi connectivity index (χ1n) is 3.74. The molecule has 0 unspecified atom stereocenters. The number of hydrogen-bond acceptors (Lipinski definition) is 3. The number of nitrogens with zero attached hydrogens (tertiary/aromatic N) is 1. The van der Waals surface area contributed by atoms with E-state index >= 15 is 0 Å². The first-order valence-corrected chi connectivity index (χ1v) is 6.34. The molecule has 1 aromatic heterocycles. The smallest absolute Gasteiger partial charge is 0.127 e. The Morgan fingerprint density at radius 2 is 2.25 bits per heavy atom. The largest absolute Gasteiger partial charge is 0.326 e. The highest BCUT2D eigenvalue weighted by atomic mass is 31.2. The third-order valence-corrected chi connectivity index (χ3v) is 2.95. The van der Waals surface area contributed by atoms with Crippen LogP contribution in [0, 0.1) is 0 Å². The first-order chi connectivity index (χ1) is 5.54. The third kappa shape index (κ3) is 2.16. The zero-order chi connectivity index (χ0) is 9.19. The Balaban J connectivity index is 3.11. The first kappa shape index (κ1) is 9.43. The molecule has 0 atom stereocenters. The van der Waals surface area contributed by atoms with Crippen LogP contribution in [0.5, 0.6) is 0 Å². The Kier molecular flexibility index (Phi) is 2.65. The Labute approximate surface area is 72.4 Å². The van der Waals surface area contributed by atoms with E-state index < -0.39 is 7.14 Å². The van der Waals surface area contributed by atoms with Crippen LogP contribution in [0.4, 0.5) is 0 Å². The molecular weight excluding hydrogens is 171 g/mol. The van der Waals surface area contributed by atoms with E-state index in [9.17, 15) is 4.57 Å². The van der Waals surface area contributed by atoms with Crippen LogP contribution in [-0.2, 0) is 11.1 Å². The van der Waals surface area contributed by atoms with Gasteiger partial charge in [0, 0.05) is 12.7 Å². The van der Waals surface area contributed by atoms with Crippen molar-refractivity contribution in [3.05, 3.63) is 23.9 Å². The lowest BCUT2D eigenvalue weighted by atomic mass is 10.3. The second kappa shape index (κ2) is 3.38. The summed E-state index contributed by atoms with van der Waals surface area (Å²) in [5.41, 5.74) is 7.08. The minimum atomic E-state index is -2.22. The third-order valence-electron chi connectivity index (χ3n) is 1.60. The number of hydrogen-bond donors (Lipinski definition) is 1. The van der Waals surface area contributed by atoms with Gasteiger partial charge in [0.25, 0.3) is 0 Å². The van der Waals surface area contributed by atoms with E-state index in [4.69, 9.17) is 5.73 Å². The van der Waals surface area contributed by atoms with Crippen LogP contribution in [-0.4, -0.2) is 18.3 Å². The van der Waals surface area contributed by atoms with Gasteiger partial charge in [0.05, 0.1) is 5.44 Å². The Bertz CT molecular complexity index is 319. The van der Waals surface area contributed by atoms with Crippen molar-refractivity contribution in [2.24, 2.45) is 5.73 Å². The molecular formula is C8H13N2OP. The van der Waals surface area contributed by atoms with Gasteiger partial charge in [0.2, 0.25) is 0 Å². The maximum atomic E-state index is 11.6. The summed E-state index contributed by atoms with van der Waals surface area (Å²) in [6.45, 7) is 3.88. The van der Waals surface area contributed by atoms with Crippen molar-refractivity contribution in [3.63, 3.8) is 0 Å². The summed E-state index contributed by atoms with van der Waals surface area (Å²) in [6, 6.07) is 3.64. The van der Waals surface area contributed by atoms with Gasteiger partial charge >= 0.3 is 0 Å². The van der Waals surface area contributed by atoms with Crippen molar-refractivity contribution < 1.29 is 4.57 Å². The molecule has 0 spiro atoms. The molecule has 0 bridgehead atoms. The fourth-order valence-corrected chi connectivity index (χ4v) is 1.70. The zero-order valence-corrected chi connectivity index (χ0v) is 8.21.